The lowest BCUT2D eigenvalue weighted by Gasteiger charge is -2.12. The van der Waals surface area contributed by atoms with E-state index in [-0.39, 0.29) is 12.0 Å². The first-order valence-corrected chi connectivity index (χ1v) is 8.12. The first-order valence-electron chi connectivity index (χ1n) is 7.24. The Labute approximate surface area is 128 Å². The zero-order valence-electron chi connectivity index (χ0n) is 11.7. The highest BCUT2D eigenvalue weighted by Gasteiger charge is 2.17. The van der Waals surface area contributed by atoms with Crippen molar-refractivity contribution < 1.29 is 9.53 Å². The van der Waals surface area contributed by atoms with Gasteiger partial charge in [0.05, 0.1) is 6.54 Å². The van der Waals surface area contributed by atoms with E-state index >= 15 is 0 Å². The van der Waals surface area contributed by atoms with E-state index < -0.39 is 0 Å². The van der Waals surface area contributed by atoms with Crippen molar-refractivity contribution >= 4 is 17.2 Å². The maximum absolute atomic E-state index is 12.1. The molecule has 0 aliphatic heterocycles. The molecule has 1 saturated carbocycles. The second-order valence-corrected chi connectivity index (χ2v) is 6.20. The number of aromatic nitrogens is 1. The molecule has 1 aliphatic rings. The lowest BCUT2D eigenvalue weighted by molar-refractivity contribution is 0.0950. The summed E-state index contributed by atoms with van der Waals surface area (Å²) in [6, 6.07) is 7.42. The number of ether oxygens (including phenoxy) is 1. The Bertz CT molecular complexity index is 592. The van der Waals surface area contributed by atoms with Crippen LogP contribution < -0.4 is 10.1 Å². The molecule has 1 N–H and O–H groups in total. The van der Waals surface area contributed by atoms with Crippen molar-refractivity contribution in [3.05, 3.63) is 46.3 Å². The molecule has 0 bridgehead atoms. The van der Waals surface area contributed by atoms with Gasteiger partial charge >= 0.3 is 0 Å². The lowest BCUT2D eigenvalue weighted by atomic mass is 10.2. The molecular formula is C16H18N2O2S. The number of carbonyl (C=O) groups excluding carboxylic acids is 1. The molecule has 0 unspecified atom stereocenters. The highest BCUT2D eigenvalue weighted by Crippen LogP contribution is 2.23. The molecule has 2 heterocycles. The summed E-state index contributed by atoms with van der Waals surface area (Å²) in [6.07, 6.45) is 6.47. The van der Waals surface area contributed by atoms with E-state index in [0.717, 1.165) is 17.7 Å². The van der Waals surface area contributed by atoms with Crippen LogP contribution in [0.15, 0.2) is 35.8 Å². The highest BCUT2D eigenvalue weighted by atomic mass is 32.1. The lowest BCUT2D eigenvalue weighted by Crippen LogP contribution is -2.22. The third kappa shape index (κ3) is 3.82. The van der Waals surface area contributed by atoms with Crippen molar-refractivity contribution in [2.24, 2.45) is 0 Å². The van der Waals surface area contributed by atoms with Crippen LogP contribution in [0.2, 0.25) is 0 Å². The Balaban J connectivity index is 1.60. The molecule has 0 radical (unpaired) electrons. The molecule has 1 fully saturated rings. The summed E-state index contributed by atoms with van der Waals surface area (Å²) in [4.78, 5) is 17.5. The van der Waals surface area contributed by atoms with Crippen molar-refractivity contribution in [3.63, 3.8) is 0 Å². The number of carbonyl (C=O) groups is 1. The van der Waals surface area contributed by atoms with E-state index in [1.807, 2.05) is 17.5 Å². The van der Waals surface area contributed by atoms with Gasteiger partial charge in [-0.3, -0.25) is 4.79 Å². The molecule has 3 rings (SSSR count). The molecule has 1 amide bonds. The SMILES string of the molecule is O=C(NCc1cccs1)c1ccnc(OC2CCCC2)c1. The predicted octanol–water partition coefficient (Wildman–Crippen LogP) is 3.39. The topological polar surface area (TPSA) is 51.2 Å². The molecule has 110 valence electrons. The third-order valence-electron chi connectivity index (χ3n) is 3.59. The molecule has 1 aliphatic carbocycles. The van der Waals surface area contributed by atoms with Crippen LogP contribution in [0.1, 0.15) is 40.9 Å². The van der Waals surface area contributed by atoms with Crippen LogP contribution in [0.4, 0.5) is 0 Å². The molecule has 2 aromatic rings. The summed E-state index contributed by atoms with van der Waals surface area (Å²) < 4.78 is 5.83. The standard InChI is InChI=1S/C16H18N2O2S/c19-16(18-11-14-6-3-9-21-14)12-7-8-17-15(10-12)20-13-4-1-2-5-13/h3,6-10,13H,1-2,4-5,11H2,(H,18,19). The average Bonchev–Trinajstić information content (AvgIpc) is 3.18. The van der Waals surface area contributed by atoms with Gasteiger partial charge in [0.1, 0.15) is 6.10 Å². The summed E-state index contributed by atoms with van der Waals surface area (Å²) in [6.45, 7) is 0.553. The predicted molar refractivity (Wildman–Crippen MR) is 82.6 cm³/mol. The first kappa shape index (κ1) is 14.1. The zero-order chi connectivity index (χ0) is 14.5. The Morgan fingerprint density at radius 1 is 1.38 bits per heavy atom. The minimum atomic E-state index is -0.0953. The van der Waals surface area contributed by atoms with Crippen LogP contribution in [-0.4, -0.2) is 17.0 Å². The fraction of sp³-hybridized carbons (Fsp3) is 0.375. The number of pyridine rings is 1. The maximum atomic E-state index is 12.1. The Morgan fingerprint density at radius 3 is 3.00 bits per heavy atom. The minimum absolute atomic E-state index is 0.0953. The van der Waals surface area contributed by atoms with Gasteiger partial charge in [0.2, 0.25) is 5.88 Å². The third-order valence-corrected chi connectivity index (χ3v) is 4.47. The number of thiophene rings is 1. The molecule has 4 nitrogen and oxygen atoms in total. The van der Waals surface area contributed by atoms with Gasteiger partial charge in [0.15, 0.2) is 0 Å². The normalized spacial score (nSPS) is 15.0. The first-order chi connectivity index (χ1) is 10.3. The van der Waals surface area contributed by atoms with Crippen LogP contribution in [0.25, 0.3) is 0 Å². The van der Waals surface area contributed by atoms with E-state index in [4.69, 9.17) is 4.74 Å². The van der Waals surface area contributed by atoms with E-state index in [1.54, 1.807) is 29.7 Å². The molecule has 5 heteroatoms. The van der Waals surface area contributed by atoms with Crippen LogP contribution in [0.5, 0.6) is 5.88 Å². The largest absolute Gasteiger partial charge is 0.474 e. The zero-order valence-corrected chi connectivity index (χ0v) is 12.6. The number of nitrogens with zero attached hydrogens (tertiary/aromatic N) is 1. The summed E-state index contributed by atoms with van der Waals surface area (Å²) in [5.41, 5.74) is 0.592. The highest BCUT2D eigenvalue weighted by molar-refractivity contribution is 7.09. The van der Waals surface area contributed by atoms with Crippen LogP contribution >= 0.6 is 11.3 Å². The van der Waals surface area contributed by atoms with Crippen molar-refractivity contribution in [2.45, 2.75) is 38.3 Å². The van der Waals surface area contributed by atoms with Gasteiger partial charge in [-0.2, -0.15) is 0 Å². The van der Waals surface area contributed by atoms with Crippen molar-refractivity contribution in [1.82, 2.24) is 10.3 Å². The number of hydrogen-bond donors (Lipinski definition) is 1. The fourth-order valence-electron chi connectivity index (χ4n) is 2.47. The smallest absolute Gasteiger partial charge is 0.251 e. The second kappa shape index (κ2) is 6.72. The van der Waals surface area contributed by atoms with E-state index in [0.29, 0.717) is 18.0 Å². The molecule has 0 spiro atoms. The summed E-state index contributed by atoms with van der Waals surface area (Å²) in [5, 5.41) is 4.91. The maximum Gasteiger partial charge on any atom is 0.251 e. The van der Waals surface area contributed by atoms with Gasteiger partial charge in [-0.15, -0.1) is 11.3 Å². The molecule has 21 heavy (non-hydrogen) atoms. The number of rotatable bonds is 5. The second-order valence-electron chi connectivity index (χ2n) is 5.17. The van der Waals surface area contributed by atoms with Gasteiger partial charge in [0, 0.05) is 22.7 Å². The van der Waals surface area contributed by atoms with E-state index in [9.17, 15) is 4.79 Å². The van der Waals surface area contributed by atoms with E-state index in [2.05, 4.69) is 10.3 Å². The van der Waals surface area contributed by atoms with Crippen molar-refractivity contribution in [3.8, 4) is 5.88 Å². The molecule has 0 atom stereocenters. The van der Waals surface area contributed by atoms with Gasteiger partial charge < -0.3 is 10.1 Å². The molecular weight excluding hydrogens is 284 g/mol. The Kier molecular flexibility index (Phi) is 4.50. The van der Waals surface area contributed by atoms with E-state index in [1.165, 1.54) is 12.8 Å². The van der Waals surface area contributed by atoms with Gasteiger partial charge in [-0.25, -0.2) is 4.98 Å². The fourth-order valence-corrected chi connectivity index (χ4v) is 3.12. The number of nitrogens with one attached hydrogen (secondary N) is 1. The molecule has 0 aromatic carbocycles. The van der Waals surface area contributed by atoms with Crippen molar-refractivity contribution in [2.75, 3.05) is 0 Å². The van der Waals surface area contributed by atoms with Gasteiger partial charge in [-0.05, 0) is 43.2 Å². The number of amides is 1. The average molecular weight is 302 g/mol. The van der Waals surface area contributed by atoms with Crippen LogP contribution in [0, 0.1) is 0 Å². The minimum Gasteiger partial charge on any atom is -0.474 e. The van der Waals surface area contributed by atoms with Gasteiger partial charge in [0.25, 0.3) is 5.91 Å². The molecule has 0 saturated heterocycles. The Morgan fingerprint density at radius 2 is 2.24 bits per heavy atom. The summed E-state index contributed by atoms with van der Waals surface area (Å²) in [7, 11) is 0. The molecule has 2 aromatic heterocycles. The monoisotopic (exact) mass is 302 g/mol. The van der Waals surface area contributed by atoms with Crippen LogP contribution in [-0.2, 0) is 6.54 Å². The van der Waals surface area contributed by atoms with Crippen molar-refractivity contribution in [1.29, 1.82) is 0 Å². The quantitative estimate of drug-likeness (QED) is 0.921. The Hall–Kier alpha value is -1.88. The number of hydrogen-bond acceptors (Lipinski definition) is 4. The van der Waals surface area contributed by atoms with Gasteiger partial charge in [-0.1, -0.05) is 6.07 Å². The summed E-state index contributed by atoms with van der Waals surface area (Å²) in [5.74, 6) is 0.452. The summed E-state index contributed by atoms with van der Waals surface area (Å²) >= 11 is 1.63. The van der Waals surface area contributed by atoms with Crippen LogP contribution in [0.3, 0.4) is 0 Å².